The van der Waals surface area contributed by atoms with Crippen molar-refractivity contribution in [3.63, 3.8) is 0 Å². The molecule has 132 valence electrons. The number of likely N-dealkylation sites (tertiary alicyclic amines) is 1. The van der Waals surface area contributed by atoms with Crippen molar-refractivity contribution < 1.29 is 9.18 Å². The summed E-state index contributed by atoms with van der Waals surface area (Å²) in [6.45, 7) is 7.17. The maximum absolute atomic E-state index is 13.0. The van der Waals surface area contributed by atoms with Gasteiger partial charge in [-0.1, -0.05) is 6.92 Å². The van der Waals surface area contributed by atoms with Gasteiger partial charge >= 0.3 is 0 Å². The van der Waals surface area contributed by atoms with Crippen LogP contribution in [-0.2, 0) is 4.79 Å². The van der Waals surface area contributed by atoms with Gasteiger partial charge in [-0.15, -0.1) is 0 Å². The first-order chi connectivity index (χ1) is 11.7. The molecule has 1 unspecified atom stereocenters. The van der Waals surface area contributed by atoms with Crippen LogP contribution in [0, 0.1) is 5.82 Å². The van der Waals surface area contributed by atoms with Gasteiger partial charge in [0, 0.05) is 44.5 Å². The second-order valence-corrected chi connectivity index (χ2v) is 6.88. The fourth-order valence-electron chi connectivity index (χ4n) is 3.85. The predicted molar refractivity (Wildman–Crippen MR) is 94.7 cm³/mol. The Morgan fingerprint density at radius 2 is 1.79 bits per heavy atom. The minimum Gasteiger partial charge on any atom is -0.369 e. The van der Waals surface area contributed by atoms with Crippen LogP contribution in [0.1, 0.15) is 32.6 Å². The Morgan fingerprint density at radius 3 is 2.46 bits per heavy atom. The number of anilines is 1. The van der Waals surface area contributed by atoms with Gasteiger partial charge in [0.25, 0.3) is 0 Å². The van der Waals surface area contributed by atoms with Crippen LogP contribution in [-0.4, -0.2) is 61.0 Å². The van der Waals surface area contributed by atoms with Gasteiger partial charge in [0.1, 0.15) is 5.82 Å². The van der Waals surface area contributed by atoms with Crippen molar-refractivity contribution in [2.24, 2.45) is 0 Å². The van der Waals surface area contributed by atoms with Gasteiger partial charge in [0.2, 0.25) is 5.91 Å². The van der Waals surface area contributed by atoms with Crippen LogP contribution < -0.4 is 4.90 Å². The first-order valence-electron chi connectivity index (χ1n) is 9.19. The Kier molecular flexibility index (Phi) is 5.72. The molecule has 1 aromatic carbocycles. The van der Waals surface area contributed by atoms with E-state index in [4.69, 9.17) is 0 Å². The van der Waals surface area contributed by atoms with Gasteiger partial charge in [-0.2, -0.15) is 0 Å². The monoisotopic (exact) mass is 333 g/mol. The fourth-order valence-corrected chi connectivity index (χ4v) is 3.85. The van der Waals surface area contributed by atoms with Crippen molar-refractivity contribution in [3.8, 4) is 0 Å². The molecule has 1 amide bonds. The largest absolute Gasteiger partial charge is 0.369 e. The lowest BCUT2D eigenvalue weighted by molar-refractivity contribution is -0.136. The third-order valence-corrected chi connectivity index (χ3v) is 5.34. The van der Waals surface area contributed by atoms with Crippen LogP contribution >= 0.6 is 0 Å². The van der Waals surface area contributed by atoms with Gasteiger partial charge in [0.05, 0.1) is 6.54 Å². The van der Waals surface area contributed by atoms with Crippen molar-refractivity contribution in [2.75, 3.05) is 44.2 Å². The SMILES string of the molecule is CCC1CCCCN1C(=O)CN1CCN(c2ccc(F)cc2)CC1. The maximum Gasteiger partial charge on any atom is 0.236 e. The third-order valence-electron chi connectivity index (χ3n) is 5.34. The lowest BCUT2D eigenvalue weighted by Crippen LogP contribution is -2.52. The molecule has 0 N–H and O–H groups in total. The molecule has 0 saturated carbocycles. The lowest BCUT2D eigenvalue weighted by atomic mass is 10.00. The number of halogens is 1. The molecule has 0 aliphatic carbocycles. The summed E-state index contributed by atoms with van der Waals surface area (Å²) in [7, 11) is 0. The number of hydrogen-bond acceptors (Lipinski definition) is 3. The second-order valence-electron chi connectivity index (χ2n) is 6.88. The minimum atomic E-state index is -0.199. The summed E-state index contributed by atoms with van der Waals surface area (Å²) in [5.74, 6) is 0.0896. The smallest absolute Gasteiger partial charge is 0.236 e. The molecule has 0 spiro atoms. The molecule has 2 heterocycles. The molecule has 1 atom stereocenters. The third kappa shape index (κ3) is 4.07. The molecule has 2 fully saturated rings. The second kappa shape index (κ2) is 7.97. The standard InChI is InChI=1S/C19H28FN3O/c1-2-17-5-3-4-10-23(17)19(24)15-21-11-13-22(14-12-21)18-8-6-16(20)7-9-18/h6-9,17H,2-5,10-15H2,1H3. The molecule has 0 radical (unpaired) electrons. The molecular weight excluding hydrogens is 305 g/mol. The minimum absolute atomic E-state index is 0.199. The Hall–Kier alpha value is -1.62. The molecule has 0 aromatic heterocycles. The number of rotatable bonds is 4. The zero-order valence-electron chi connectivity index (χ0n) is 14.6. The Labute approximate surface area is 144 Å². The van der Waals surface area contributed by atoms with Crippen LogP contribution in [0.2, 0.25) is 0 Å². The number of carbonyl (C=O) groups is 1. The van der Waals surface area contributed by atoms with Gasteiger partial charge in [0.15, 0.2) is 0 Å². The summed E-state index contributed by atoms with van der Waals surface area (Å²) in [6.07, 6.45) is 4.60. The van der Waals surface area contributed by atoms with E-state index in [9.17, 15) is 9.18 Å². The van der Waals surface area contributed by atoms with E-state index in [1.54, 1.807) is 0 Å². The summed E-state index contributed by atoms with van der Waals surface area (Å²) < 4.78 is 13.0. The first kappa shape index (κ1) is 17.2. The number of nitrogens with zero attached hydrogens (tertiary/aromatic N) is 3. The molecule has 0 bridgehead atoms. The number of hydrogen-bond donors (Lipinski definition) is 0. The zero-order chi connectivity index (χ0) is 16.9. The number of piperidine rings is 1. The van der Waals surface area contributed by atoms with E-state index in [1.807, 2.05) is 12.1 Å². The highest BCUT2D eigenvalue weighted by atomic mass is 19.1. The Bertz CT molecular complexity index is 540. The molecule has 24 heavy (non-hydrogen) atoms. The highest BCUT2D eigenvalue weighted by Crippen LogP contribution is 2.20. The summed E-state index contributed by atoms with van der Waals surface area (Å²) in [5.41, 5.74) is 1.06. The van der Waals surface area contributed by atoms with Crippen molar-refractivity contribution in [1.82, 2.24) is 9.80 Å². The molecular formula is C19H28FN3O. The molecule has 2 saturated heterocycles. The quantitative estimate of drug-likeness (QED) is 0.848. The van der Waals surface area contributed by atoms with E-state index in [2.05, 4.69) is 21.6 Å². The average Bonchev–Trinajstić information content (AvgIpc) is 2.63. The first-order valence-corrected chi connectivity index (χ1v) is 9.19. The predicted octanol–water partition coefficient (Wildman–Crippen LogP) is 2.74. The van der Waals surface area contributed by atoms with Crippen molar-refractivity contribution in [1.29, 1.82) is 0 Å². The van der Waals surface area contributed by atoms with Gasteiger partial charge in [-0.3, -0.25) is 9.69 Å². The average molecular weight is 333 g/mol. The van der Waals surface area contributed by atoms with Crippen LogP contribution in [0.3, 0.4) is 0 Å². The fraction of sp³-hybridized carbons (Fsp3) is 0.632. The van der Waals surface area contributed by atoms with Crippen LogP contribution in [0.25, 0.3) is 0 Å². The normalized spacial score (nSPS) is 22.7. The maximum atomic E-state index is 13.0. The summed E-state index contributed by atoms with van der Waals surface area (Å²) >= 11 is 0. The van der Waals surface area contributed by atoms with E-state index in [0.717, 1.165) is 57.7 Å². The van der Waals surface area contributed by atoms with Gasteiger partial charge < -0.3 is 9.80 Å². The molecule has 5 heteroatoms. The van der Waals surface area contributed by atoms with Crippen molar-refractivity contribution in [3.05, 3.63) is 30.1 Å². The van der Waals surface area contributed by atoms with Gasteiger partial charge in [-0.05, 0) is 49.9 Å². The lowest BCUT2D eigenvalue weighted by Gasteiger charge is -2.39. The molecule has 3 rings (SSSR count). The van der Waals surface area contributed by atoms with E-state index in [1.165, 1.54) is 18.6 Å². The summed E-state index contributed by atoms with van der Waals surface area (Å²) in [4.78, 5) is 19.3. The van der Waals surface area contributed by atoms with E-state index >= 15 is 0 Å². The number of benzene rings is 1. The van der Waals surface area contributed by atoms with Gasteiger partial charge in [-0.25, -0.2) is 4.39 Å². The van der Waals surface area contributed by atoms with Crippen LogP contribution in [0.4, 0.5) is 10.1 Å². The van der Waals surface area contributed by atoms with Crippen molar-refractivity contribution in [2.45, 2.75) is 38.6 Å². The summed E-state index contributed by atoms with van der Waals surface area (Å²) in [6, 6.07) is 7.11. The number of piperazine rings is 1. The van der Waals surface area contributed by atoms with E-state index in [-0.39, 0.29) is 11.7 Å². The highest BCUT2D eigenvalue weighted by molar-refractivity contribution is 5.78. The Morgan fingerprint density at radius 1 is 1.08 bits per heavy atom. The number of carbonyl (C=O) groups excluding carboxylic acids is 1. The molecule has 2 aliphatic rings. The van der Waals surface area contributed by atoms with E-state index < -0.39 is 0 Å². The van der Waals surface area contributed by atoms with Crippen LogP contribution in [0.15, 0.2) is 24.3 Å². The Balaban J connectivity index is 1.49. The molecule has 4 nitrogen and oxygen atoms in total. The summed E-state index contributed by atoms with van der Waals surface area (Å²) in [5, 5.41) is 0. The van der Waals surface area contributed by atoms with E-state index in [0.29, 0.717) is 12.6 Å². The highest BCUT2D eigenvalue weighted by Gasteiger charge is 2.27. The van der Waals surface area contributed by atoms with Crippen molar-refractivity contribution >= 4 is 11.6 Å². The molecule has 2 aliphatic heterocycles. The number of amides is 1. The zero-order valence-corrected chi connectivity index (χ0v) is 14.6. The molecule has 1 aromatic rings. The topological polar surface area (TPSA) is 26.8 Å². The van der Waals surface area contributed by atoms with Crippen LogP contribution in [0.5, 0.6) is 0 Å².